The van der Waals surface area contributed by atoms with Crippen molar-refractivity contribution in [1.29, 1.82) is 0 Å². The van der Waals surface area contributed by atoms with E-state index >= 15 is 0 Å². The first-order valence-electron chi connectivity index (χ1n) is 11.2. The van der Waals surface area contributed by atoms with Crippen LogP contribution >= 0.6 is 0 Å². The second kappa shape index (κ2) is 11.8. The second-order valence-electron chi connectivity index (χ2n) is 8.29. The van der Waals surface area contributed by atoms with E-state index < -0.39 is 49.4 Å². The van der Waals surface area contributed by atoms with Crippen LogP contribution in [-0.2, 0) is 0 Å². The van der Waals surface area contributed by atoms with Gasteiger partial charge in [-0.15, -0.1) is 0 Å². The molecule has 0 aliphatic heterocycles. The van der Waals surface area contributed by atoms with E-state index in [0.29, 0.717) is 27.6 Å². The van der Waals surface area contributed by atoms with E-state index in [9.17, 15) is 35.1 Å². The van der Waals surface area contributed by atoms with Gasteiger partial charge in [0.25, 0.3) is 5.91 Å². The normalized spacial score (nSPS) is 14.4. The number of aliphatic imine (C=N–C) groups is 1. The molecule has 0 spiro atoms. The highest BCUT2D eigenvalue weighted by Gasteiger charge is 2.30. The van der Waals surface area contributed by atoms with Gasteiger partial charge in [0.15, 0.2) is 5.96 Å². The molecule has 3 aromatic carbocycles. The van der Waals surface area contributed by atoms with Crippen LogP contribution in [-0.4, -0.2) is 86.0 Å². The number of fused-ring (bicyclic) bond motifs is 1. The van der Waals surface area contributed by atoms with Crippen molar-refractivity contribution in [2.45, 2.75) is 24.4 Å². The number of nitrogens with zero attached hydrogens (tertiary/aromatic N) is 1. The maximum atomic E-state index is 12.9. The zero-order chi connectivity index (χ0) is 27.3. The lowest BCUT2D eigenvalue weighted by molar-refractivity contribution is -0.113. The fourth-order valence-corrected chi connectivity index (χ4v) is 3.88. The molecular weight excluding hydrogens is 484 g/mol. The van der Waals surface area contributed by atoms with Crippen molar-refractivity contribution in [3.8, 4) is 11.1 Å². The van der Waals surface area contributed by atoms with Crippen molar-refractivity contribution in [1.82, 2.24) is 5.32 Å². The smallest absolute Gasteiger partial charge is 0.336 e. The summed E-state index contributed by atoms with van der Waals surface area (Å²) in [6.07, 6.45) is -6.95. The second-order valence-corrected chi connectivity index (χ2v) is 8.29. The van der Waals surface area contributed by atoms with Gasteiger partial charge >= 0.3 is 5.97 Å². The topological polar surface area (TPSA) is 232 Å². The van der Waals surface area contributed by atoms with Crippen LogP contribution in [0.2, 0.25) is 0 Å². The Morgan fingerprint density at radius 2 is 1.49 bits per heavy atom. The van der Waals surface area contributed by atoms with Crippen LogP contribution in [0.1, 0.15) is 20.7 Å². The number of guanidine groups is 1. The largest absolute Gasteiger partial charge is 0.478 e. The lowest BCUT2D eigenvalue weighted by Crippen LogP contribution is -2.49. The molecule has 11 N–H and O–H groups in total. The van der Waals surface area contributed by atoms with Crippen molar-refractivity contribution in [2.75, 3.05) is 13.2 Å². The predicted molar refractivity (Wildman–Crippen MR) is 135 cm³/mol. The van der Waals surface area contributed by atoms with Gasteiger partial charge in [0.05, 0.1) is 24.0 Å². The fraction of sp³-hybridized carbons (Fsp3) is 0.240. The van der Waals surface area contributed by atoms with Gasteiger partial charge in [-0.25, -0.2) is 9.79 Å². The monoisotopic (exact) mass is 512 g/mol. The molecule has 0 bridgehead atoms. The SMILES string of the molecule is NC(N)=Nc1ccc(C(=O)O)c(-c2cccc3c(C(=O)NC[C@H](O)[C@@H](O)[C@H](O)[C@H](O)CO)cccc23)c1. The number of nitrogens with one attached hydrogen (secondary N) is 1. The van der Waals surface area contributed by atoms with Crippen LogP contribution < -0.4 is 16.8 Å². The number of carbonyl (C=O) groups excluding carboxylic acids is 1. The summed E-state index contributed by atoms with van der Waals surface area (Å²) in [6, 6.07) is 14.2. The van der Waals surface area contributed by atoms with Crippen LogP contribution in [0.15, 0.2) is 59.6 Å². The molecule has 0 aliphatic carbocycles. The lowest BCUT2D eigenvalue weighted by atomic mass is 9.92. The Labute approximate surface area is 211 Å². The highest BCUT2D eigenvalue weighted by Crippen LogP contribution is 2.35. The molecule has 0 heterocycles. The zero-order valence-corrected chi connectivity index (χ0v) is 19.5. The fourth-order valence-electron chi connectivity index (χ4n) is 3.88. The number of aliphatic hydroxyl groups excluding tert-OH is 5. The molecule has 0 saturated heterocycles. The minimum absolute atomic E-state index is 0.00219. The molecule has 0 fully saturated rings. The van der Waals surface area contributed by atoms with E-state index in [-0.39, 0.29) is 17.1 Å². The first kappa shape index (κ1) is 27.5. The first-order chi connectivity index (χ1) is 17.5. The summed E-state index contributed by atoms with van der Waals surface area (Å²) in [5, 5.41) is 61.4. The highest BCUT2D eigenvalue weighted by atomic mass is 16.4. The number of carbonyl (C=O) groups is 2. The Morgan fingerprint density at radius 3 is 2.14 bits per heavy atom. The van der Waals surface area contributed by atoms with Gasteiger partial charge in [-0.1, -0.05) is 30.3 Å². The van der Waals surface area contributed by atoms with Crippen molar-refractivity contribution in [2.24, 2.45) is 16.5 Å². The molecule has 3 aromatic rings. The molecule has 12 heteroatoms. The summed E-state index contributed by atoms with van der Waals surface area (Å²) in [5.41, 5.74) is 12.3. The van der Waals surface area contributed by atoms with Crippen LogP contribution in [0.4, 0.5) is 5.69 Å². The Hall–Kier alpha value is -4.07. The number of hydrogen-bond acceptors (Lipinski definition) is 8. The Morgan fingerprint density at radius 1 is 0.838 bits per heavy atom. The third-order valence-corrected chi connectivity index (χ3v) is 5.75. The number of carboxylic acid groups (broad SMARTS) is 1. The third-order valence-electron chi connectivity index (χ3n) is 5.75. The molecule has 12 nitrogen and oxygen atoms in total. The van der Waals surface area contributed by atoms with Gasteiger partial charge in [-0.2, -0.15) is 0 Å². The Balaban J connectivity index is 1.96. The molecule has 0 saturated carbocycles. The van der Waals surface area contributed by atoms with Crippen molar-refractivity contribution < 1.29 is 40.2 Å². The van der Waals surface area contributed by atoms with Crippen molar-refractivity contribution in [3.05, 3.63) is 65.7 Å². The molecule has 196 valence electrons. The molecule has 0 aromatic heterocycles. The average molecular weight is 513 g/mol. The summed E-state index contributed by atoms with van der Waals surface area (Å²) < 4.78 is 0. The van der Waals surface area contributed by atoms with Crippen LogP contribution in [0, 0.1) is 0 Å². The molecule has 0 radical (unpaired) electrons. The van der Waals surface area contributed by atoms with Gasteiger partial charge in [0.2, 0.25) is 0 Å². The zero-order valence-electron chi connectivity index (χ0n) is 19.5. The number of nitrogens with two attached hydrogens (primary N) is 2. The summed E-state index contributed by atoms with van der Waals surface area (Å²) >= 11 is 0. The van der Waals surface area contributed by atoms with E-state index in [4.69, 9.17) is 16.6 Å². The minimum Gasteiger partial charge on any atom is -0.478 e. The van der Waals surface area contributed by atoms with Gasteiger partial charge in [0, 0.05) is 12.1 Å². The van der Waals surface area contributed by atoms with E-state index in [2.05, 4.69) is 10.3 Å². The third kappa shape index (κ3) is 6.20. The van der Waals surface area contributed by atoms with E-state index in [1.807, 2.05) is 0 Å². The lowest BCUT2D eigenvalue weighted by Gasteiger charge is -2.25. The van der Waals surface area contributed by atoms with Crippen LogP contribution in [0.3, 0.4) is 0 Å². The molecule has 37 heavy (non-hydrogen) atoms. The summed E-state index contributed by atoms with van der Waals surface area (Å²) in [6.45, 7) is -1.29. The van der Waals surface area contributed by atoms with Crippen molar-refractivity contribution in [3.63, 3.8) is 0 Å². The molecule has 0 unspecified atom stereocenters. The molecule has 0 aliphatic rings. The number of aromatic carboxylic acids is 1. The van der Waals surface area contributed by atoms with Gasteiger partial charge in [-0.3, -0.25) is 4.79 Å². The molecular formula is C25H28N4O8. The van der Waals surface area contributed by atoms with E-state index in [1.165, 1.54) is 24.3 Å². The Kier molecular flexibility index (Phi) is 8.76. The number of hydrogen-bond donors (Lipinski definition) is 9. The van der Waals surface area contributed by atoms with Gasteiger partial charge < -0.3 is 47.4 Å². The minimum atomic E-state index is -1.83. The summed E-state index contributed by atoms with van der Waals surface area (Å²) in [4.78, 5) is 28.8. The van der Waals surface area contributed by atoms with E-state index in [1.54, 1.807) is 30.3 Å². The number of carboxylic acids is 1. The highest BCUT2D eigenvalue weighted by molar-refractivity contribution is 6.12. The van der Waals surface area contributed by atoms with E-state index in [0.717, 1.165) is 0 Å². The Bertz CT molecular complexity index is 1330. The quantitative estimate of drug-likeness (QED) is 0.122. The number of aliphatic hydroxyl groups is 5. The number of amides is 1. The number of rotatable bonds is 10. The number of benzene rings is 3. The summed E-state index contributed by atoms with van der Waals surface area (Å²) in [5.74, 6) is -1.98. The van der Waals surface area contributed by atoms with Gasteiger partial charge in [0.1, 0.15) is 18.3 Å². The first-order valence-corrected chi connectivity index (χ1v) is 11.2. The predicted octanol–water partition coefficient (Wildman–Crippen LogP) is -0.724. The molecule has 4 atom stereocenters. The molecule has 3 rings (SSSR count). The van der Waals surface area contributed by atoms with Crippen LogP contribution in [0.5, 0.6) is 0 Å². The average Bonchev–Trinajstić information content (AvgIpc) is 2.88. The van der Waals surface area contributed by atoms with Crippen molar-refractivity contribution >= 4 is 34.3 Å². The maximum Gasteiger partial charge on any atom is 0.336 e. The maximum absolute atomic E-state index is 12.9. The summed E-state index contributed by atoms with van der Waals surface area (Å²) in [7, 11) is 0. The van der Waals surface area contributed by atoms with Gasteiger partial charge in [-0.05, 0) is 46.2 Å². The van der Waals surface area contributed by atoms with Crippen LogP contribution in [0.25, 0.3) is 21.9 Å². The standard InChI is InChI=1S/C25H28N4O8/c26-25(27)29-12-7-8-17(24(36)37)18(9-12)15-5-1-4-14-13(15)3-2-6-16(14)23(35)28-10-19(31)21(33)22(34)20(32)11-30/h1-9,19-22,30-34H,10-11H2,(H,28,35)(H,36,37)(H4,26,27,29)/t19-,20+,21+,22+/m0/s1. The molecule has 1 amide bonds.